The van der Waals surface area contributed by atoms with Crippen molar-refractivity contribution in [1.82, 2.24) is 25.1 Å². The number of nitrogens with one attached hydrogen (secondary N) is 1. The first-order chi connectivity index (χ1) is 8.81. The Morgan fingerprint density at radius 2 is 1.89 bits per heavy atom. The van der Waals surface area contributed by atoms with Gasteiger partial charge in [-0.25, -0.2) is 0 Å². The molecule has 0 bridgehead atoms. The predicted octanol–water partition coefficient (Wildman–Crippen LogP) is -0.0736. The van der Waals surface area contributed by atoms with Crippen LogP contribution in [-0.2, 0) is 6.42 Å². The second kappa shape index (κ2) is 5.75. The van der Waals surface area contributed by atoms with Crippen LogP contribution in [0.3, 0.4) is 0 Å². The van der Waals surface area contributed by atoms with Crippen LogP contribution in [0.4, 0.5) is 5.95 Å². The van der Waals surface area contributed by atoms with Gasteiger partial charge >= 0.3 is 12.0 Å². The topological polar surface area (TPSA) is 108 Å². The highest BCUT2D eigenvalue weighted by Crippen LogP contribution is 2.11. The molecule has 0 unspecified atom stereocenters. The van der Waals surface area contributed by atoms with E-state index in [4.69, 9.17) is 9.47 Å². The molecule has 0 aliphatic heterocycles. The predicted molar refractivity (Wildman–Crippen MR) is 59.4 cm³/mol. The van der Waals surface area contributed by atoms with Crippen molar-refractivity contribution in [3.8, 4) is 12.0 Å². The van der Waals surface area contributed by atoms with Crippen LogP contribution in [0.5, 0.6) is 12.0 Å². The molecule has 0 radical (unpaired) electrons. The largest absolute Gasteiger partial charge is 0.467 e. The summed E-state index contributed by atoms with van der Waals surface area (Å²) in [5.74, 6) is 0.970. The minimum atomic E-state index is 0.184. The van der Waals surface area contributed by atoms with E-state index in [1.54, 1.807) is 0 Å². The maximum absolute atomic E-state index is 4.93. The third kappa shape index (κ3) is 3.03. The molecule has 0 fully saturated rings. The van der Waals surface area contributed by atoms with Gasteiger partial charge in [0.25, 0.3) is 0 Å². The highest BCUT2D eigenvalue weighted by Gasteiger charge is 2.07. The van der Waals surface area contributed by atoms with Crippen molar-refractivity contribution in [2.75, 3.05) is 26.1 Å². The summed E-state index contributed by atoms with van der Waals surface area (Å²) < 4.78 is 14.5. The van der Waals surface area contributed by atoms with Gasteiger partial charge in [0.15, 0.2) is 5.82 Å². The molecule has 2 aromatic heterocycles. The maximum Gasteiger partial charge on any atom is 0.324 e. The zero-order valence-corrected chi connectivity index (χ0v) is 9.95. The quantitative estimate of drug-likeness (QED) is 0.755. The highest BCUT2D eigenvalue weighted by atomic mass is 16.5. The van der Waals surface area contributed by atoms with Crippen LogP contribution in [0.25, 0.3) is 0 Å². The fourth-order valence-corrected chi connectivity index (χ4v) is 1.19. The second-order valence-corrected chi connectivity index (χ2v) is 3.16. The summed E-state index contributed by atoms with van der Waals surface area (Å²) in [7, 11) is 2.94. The van der Waals surface area contributed by atoms with Crippen LogP contribution in [-0.4, -0.2) is 45.9 Å². The molecule has 0 aromatic carbocycles. The lowest BCUT2D eigenvalue weighted by Crippen LogP contribution is -2.10. The molecule has 0 aliphatic rings. The van der Waals surface area contributed by atoms with Crippen molar-refractivity contribution in [3.05, 3.63) is 12.2 Å². The van der Waals surface area contributed by atoms with E-state index in [-0.39, 0.29) is 12.0 Å². The van der Waals surface area contributed by atoms with Gasteiger partial charge in [0, 0.05) is 13.0 Å². The van der Waals surface area contributed by atoms with E-state index in [1.165, 1.54) is 20.6 Å². The Morgan fingerprint density at radius 1 is 1.17 bits per heavy atom. The van der Waals surface area contributed by atoms with Gasteiger partial charge < -0.3 is 19.3 Å². The van der Waals surface area contributed by atoms with E-state index in [0.717, 1.165) is 0 Å². The van der Waals surface area contributed by atoms with Crippen LogP contribution in [0.15, 0.2) is 10.9 Å². The average molecular weight is 252 g/mol. The molecule has 1 N–H and O–H groups in total. The maximum atomic E-state index is 4.93. The van der Waals surface area contributed by atoms with Gasteiger partial charge in [-0.3, -0.25) is 0 Å². The lowest BCUT2D eigenvalue weighted by Gasteiger charge is -2.06. The van der Waals surface area contributed by atoms with Crippen molar-refractivity contribution < 1.29 is 14.0 Å². The van der Waals surface area contributed by atoms with E-state index in [9.17, 15) is 0 Å². The molecule has 2 heterocycles. The Kier molecular flexibility index (Phi) is 3.84. The fourth-order valence-electron chi connectivity index (χ4n) is 1.19. The SMILES string of the molecule is COc1nc(NCCc2ncon2)nc(OC)n1. The van der Waals surface area contributed by atoms with Crippen molar-refractivity contribution in [2.45, 2.75) is 6.42 Å². The second-order valence-electron chi connectivity index (χ2n) is 3.16. The van der Waals surface area contributed by atoms with Gasteiger partial charge in [0.05, 0.1) is 14.2 Å². The number of rotatable bonds is 6. The molecular formula is C9H12N6O3. The molecule has 9 heteroatoms. The Balaban J connectivity index is 1.95. The molecule has 18 heavy (non-hydrogen) atoms. The molecule has 2 rings (SSSR count). The minimum absolute atomic E-state index is 0.184. The van der Waals surface area contributed by atoms with E-state index >= 15 is 0 Å². The Bertz CT molecular complexity index is 467. The zero-order valence-electron chi connectivity index (χ0n) is 9.95. The van der Waals surface area contributed by atoms with Gasteiger partial charge in [0.2, 0.25) is 12.3 Å². The summed E-state index contributed by atoms with van der Waals surface area (Å²) in [5, 5.41) is 6.67. The van der Waals surface area contributed by atoms with E-state index < -0.39 is 0 Å². The number of nitrogens with zero attached hydrogens (tertiary/aromatic N) is 5. The first-order valence-corrected chi connectivity index (χ1v) is 5.15. The van der Waals surface area contributed by atoms with Gasteiger partial charge in [-0.15, -0.1) is 4.98 Å². The molecule has 0 saturated carbocycles. The van der Waals surface area contributed by atoms with Crippen LogP contribution in [0.2, 0.25) is 0 Å². The van der Waals surface area contributed by atoms with Crippen molar-refractivity contribution in [2.24, 2.45) is 0 Å². The molecule has 96 valence electrons. The van der Waals surface area contributed by atoms with Crippen LogP contribution >= 0.6 is 0 Å². The number of ether oxygens (including phenoxy) is 2. The molecule has 2 aromatic rings. The smallest absolute Gasteiger partial charge is 0.324 e. The molecule has 0 aliphatic carbocycles. The fraction of sp³-hybridized carbons (Fsp3) is 0.444. The molecule has 0 atom stereocenters. The molecule has 0 spiro atoms. The van der Waals surface area contributed by atoms with Crippen molar-refractivity contribution in [1.29, 1.82) is 0 Å². The first-order valence-electron chi connectivity index (χ1n) is 5.15. The molecular weight excluding hydrogens is 240 g/mol. The van der Waals surface area contributed by atoms with Crippen LogP contribution < -0.4 is 14.8 Å². The highest BCUT2D eigenvalue weighted by molar-refractivity contribution is 5.27. The van der Waals surface area contributed by atoms with Crippen LogP contribution in [0, 0.1) is 0 Å². The van der Waals surface area contributed by atoms with E-state index in [0.29, 0.717) is 24.7 Å². The van der Waals surface area contributed by atoms with E-state index in [1.807, 2.05) is 0 Å². The normalized spacial score (nSPS) is 10.1. The summed E-state index contributed by atoms with van der Waals surface area (Å²) >= 11 is 0. The van der Waals surface area contributed by atoms with Crippen molar-refractivity contribution in [3.63, 3.8) is 0 Å². The van der Waals surface area contributed by atoms with E-state index in [2.05, 4.69) is 34.9 Å². The Hall–Kier alpha value is -2.45. The van der Waals surface area contributed by atoms with Gasteiger partial charge in [-0.1, -0.05) is 5.16 Å². The first kappa shape index (κ1) is 12.0. The monoisotopic (exact) mass is 252 g/mol. The minimum Gasteiger partial charge on any atom is -0.467 e. The Labute approximate surface area is 103 Å². The van der Waals surface area contributed by atoms with Gasteiger partial charge in [0.1, 0.15) is 0 Å². The number of anilines is 1. The summed E-state index contributed by atoms with van der Waals surface area (Å²) in [4.78, 5) is 15.8. The number of hydrogen-bond donors (Lipinski definition) is 1. The summed E-state index contributed by atoms with van der Waals surface area (Å²) in [6.07, 6.45) is 1.87. The summed E-state index contributed by atoms with van der Waals surface area (Å²) in [6, 6.07) is 0.368. The van der Waals surface area contributed by atoms with Gasteiger partial charge in [-0.05, 0) is 0 Å². The Morgan fingerprint density at radius 3 is 2.44 bits per heavy atom. The summed E-state index contributed by atoms with van der Waals surface area (Å²) in [5.41, 5.74) is 0. The standard InChI is InChI=1S/C9H12N6O3/c1-16-8-12-7(13-9(14-8)17-2)10-4-3-6-11-5-18-15-6/h5H,3-4H2,1-2H3,(H,10,12,13,14). The lowest BCUT2D eigenvalue weighted by atomic mass is 10.4. The van der Waals surface area contributed by atoms with Gasteiger partial charge in [-0.2, -0.15) is 15.0 Å². The third-order valence-electron chi connectivity index (χ3n) is 2.00. The average Bonchev–Trinajstić information content (AvgIpc) is 2.91. The number of hydrogen-bond acceptors (Lipinski definition) is 9. The summed E-state index contributed by atoms with van der Waals surface area (Å²) in [6.45, 7) is 0.551. The van der Waals surface area contributed by atoms with Crippen molar-refractivity contribution >= 4 is 5.95 Å². The van der Waals surface area contributed by atoms with Crippen LogP contribution in [0.1, 0.15) is 5.82 Å². The molecule has 0 saturated heterocycles. The molecule has 9 nitrogen and oxygen atoms in total. The zero-order chi connectivity index (χ0) is 12.8. The third-order valence-corrected chi connectivity index (χ3v) is 2.00. The lowest BCUT2D eigenvalue weighted by molar-refractivity contribution is 0.341. The molecule has 0 amide bonds. The number of aromatic nitrogens is 5. The number of methoxy groups -OCH3 is 2.